The molecule has 0 bridgehead atoms. The summed E-state index contributed by atoms with van der Waals surface area (Å²) < 4.78 is 5.24. The predicted octanol–water partition coefficient (Wildman–Crippen LogP) is 3.08. The number of likely N-dealkylation sites (tertiary alicyclic amines) is 1. The maximum Gasteiger partial charge on any atom is 0.227 e. The van der Waals surface area contributed by atoms with E-state index in [4.69, 9.17) is 4.74 Å². The predicted molar refractivity (Wildman–Crippen MR) is 102 cm³/mol. The van der Waals surface area contributed by atoms with E-state index in [0.29, 0.717) is 13.0 Å². The van der Waals surface area contributed by atoms with E-state index in [1.165, 1.54) is 0 Å². The van der Waals surface area contributed by atoms with Crippen molar-refractivity contribution in [2.75, 3.05) is 26.7 Å². The number of ether oxygens (including phenoxy) is 1. The summed E-state index contributed by atoms with van der Waals surface area (Å²) in [6.45, 7) is 3.99. The van der Waals surface area contributed by atoms with E-state index < -0.39 is 0 Å². The number of methoxy groups -OCH3 is 1. The number of benzene rings is 2. The van der Waals surface area contributed by atoms with Gasteiger partial charge in [-0.05, 0) is 48.2 Å². The standard InChI is InChI=1S/C21H26N2O3/c1-15(21(25)22-10-9-20(24)23-11-3-4-12-23)16-5-6-18-14-19(26-2)8-7-17(18)13-16/h5-8,13-15H,3-4,9-12H2,1-2H3,(H,22,25). The molecule has 0 spiro atoms. The van der Waals surface area contributed by atoms with Crippen LogP contribution in [0.5, 0.6) is 5.75 Å². The molecule has 0 radical (unpaired) electrons. The Morgan fingerprint density at radius 1 is 1.12 bits per heavy atom. The van der Waals surface area contributed by atoms with E-state index in [2.05, 4.69) is 5.32 Å². The molecule has 138 valence electrons. The Balaban J connectivity index is 1.57. The van der Waals surface area contributed by atoms with Gasteiger partial charge in [-0.3, -0.25) is 9.59 Å². The van der Waals surface area contributed by atoms with Crippen molar-refractivity contribution in [3.8, 4) is 5.75 Å². The molecular weight excluding hydrogens is 328 g/mol. The van der Waals surface area contributed by atoms with Gasteiger partial charge in [0.15, 0.2) is 0 Å². The number of carbonyl (C=O) groups excluding carboxylic acids is 2. The van der Waals surface area contributed by atoms with Gasteiger partial charge >= 0.3 is 0 Å². The largest absolute Gasteiger partial charge is 0.497 e. The van der Waals surface area contributed by atoms with Gasteiger partial charge in [0.25, 0.3) is 0 Å². The Kier molecular flexibility index (Phi) is 5.76. The monoisotopic (exact) mass is 354 g/mol. The third-order valence-electron chi connectivity index (χ3n) is 5.06. The van der Waals surface area contributed by atoms with E-state index in [0.717, 1.165) is 48.0 Å². The summed E-state index contributed by atoms with van der Waals surface area (Å²) in [5.74, 6) is 0.643. The highest BCUT2D eigenvalue weighted by Crippen LogP contribution is 2.25. The van der Waals surface area contributed by atoms with Gasteiger partial charge in [-0.1, -0.05) is 24.3 Å². The van der Waals surface area contributed by atoms with Crippen LogP contribution in [0.1, 0.15) is 37.7 Å². The van der Waals surface area contributed by atoms with Crippen molar-refractivity contribution >= 4 is 22.6 Å². The third kappa shape index (κ3) is 4.15. The van der Waals surface area contributed by atoms with Gasteiger partial charge in [0.05, 0.1) is 13.0 Å². The molecule has 5 heteroatoms. The van der Waals surface area contributed by atoms with Crippen LogP contribution in [0.4, 0.5) is 0 Å². The minimum atomic E-state index is -0.261. The molecule has 1 saturated heterocycles. The van der Waals surface area contributed by atoms with Crippen molar-refractivity contribution in [1.82, 2.24) is 10.2 Å². The van der Waals surface area contributed by atoms with Gasteiger partial charge in [-0.25, -0.2) is 0 Å². The lowest BCUT2D eigenvalue weighted by Gasteiger charge is -2.16. The Morgan fingerprint density at radius 3 is 2.54 bits per heavy atom. The van der Waals surface area contributed by atoms with Gasteiger partial charge in [0.2, 0.25) is 11.8 Å². The molecule has 1 aliphatic heterocycles. The molecule has 1 aliphatic rings. The van der Waals surface area contributed by atoms with Crippen molar-refractivity contribution in [2.45, 2.75) is 32.1 Å². The third-order valence-corrected chi connectivity index (χ3v) is 5.06. The van der Waals surface area contributed by atoms with Gasteiger partial charge in [-0.2, -0.15) is 0 Å². The number of nitrogens with one attached hydrogen (secondary N) is 1. The molecule has 26 heavy (non-hydrogen) atoms. The molecule has 0 aromatic heterocycles. The average Bonchev–Trinajstić information content (AvgIpc) is 3.21. The van der Waals surface area contributed by atoms with E-state index in [1.807, 2.05) is 48.2 Å². The first kappa shape index (κ1) is 18.2. The summed E-state index contributed by atoms with van der Waals surface area (Å²) in [4.78, 5) is 26.3. The van der Waals surface area contributed by atoms with Gasteiger partial charge in [0.1, 0.15) is 5.75 Å². The van der Waals surface area contributed by atoms with Gasteiger partial charge in [-0.15, -0.1) is 0 Å². The highest BCUT2D eigenvalue weighted by atomic mass is 16.5. The fraction of sp³-hybridized carbons (Fsp3) is 0.429. The molecule has 5 nitrogen and oxygen atoms in total. The first-order chi connectivity index (χ1) is 12.6. The number of rotatable bonds is 6. The summed E-state index contributed by atoms with van der Waals surface area (Å²) in [6.07, 6.45) is 2.54. The number of fused-ring (bicyclic) bond motifs is 1. The number of carbonyl (C=O) groups is 2. The Labute approximate surface area is 154 Å². The first-order valence-corrected chi connectivity index (χ1v) is 9.21. The summed E-state index contributed by atoms with van der Waals surface area (Å²) >= 11 is 0. The number of hydrogen-bond acceptors (Lipinski definition) is 3. The average molecular weight is 354 g/mol. The molecule has 1 N–H and O–H groups in total. The van der Waals surface area contributed by atoms with Crippen LogP contribution in [-0.4, -0.2) is 43.5 Å². The summed E-state index contributed by atoms with van der Waals surface area (Å²) in [5, 5.41) is 5.05. The summed E-state index contributed by atoms with van der Waals surface area (Å²) in [5.41, 5.74) is 0.964. The van der Waals surface area contributed by atoms with Gasteiger partial charge < -0.3 is 15.0 Å². The second-order valence-corrected chi connectivity index (χ2v) is 6.82. The fourth-order valence-corrected chi connectivity index (χ4v) is 3.36. The maximum absolute atomic E-state index is 12.4. The zero-order chi connectivity index (χ0) is 18.5. The van der Waals surface area contributed by atoms with E-state index in [9.17, 15) is 9.59 Å². The molecular formula is C21H26N2O3. The number of hydrogen-bond donors (Lipinski definition) is 1. The van der Waals surface area contributed by atoms with E-state index in [-0.39, 0.29) is 17.7 Å². The lowest BCUT2D eigenvalue weighted by molar-refractivity contribution is -0.130. The van der Waals surface area contributed by atoms with Crippen LogP contribution >= 0.6 is 0 Å². The maximum atomic E-state index is 12.4. The van der Waals surface area contributed by atoms with Crippen LogP contribution in [0.25, 0.3) is 10.8 Å². The van der Waals surface area contributed by atoms with Crippen LogP contribution in [0.15, 0.2) is 36.4 Å². The molecule has 3 rings (SSSR count). The molecule has 1 unspecified atom stereocenters. The second kappa shape index (κ2) is 8.21. The van der Waals surface area contributed by atoms with Crippen molar-refractivity contribution in [1.29, 1.82) is 0 Å². The molecule has 1 fully saturated rings. The lowest BCUT2D eigenvalue weighted by Crippen LogP contribution is -2.34. The highest BCUT2D eigenvalue weighted by molar-refractivity contribution is 5.88. The minimum absolute atomic E-state index is 0.0490. The molecule has 2 aromatic rings. The van der Waals surface area contributed by atoms with Crippen LogP contribution in [-0.2, 0) is 9.59 Å². The zero-order valence-electron chi connectivity index (χ0n) is 15.5. The molecule has 2 aromatic carbocycles. The van der Waals surface area contributed by atoms with Crippen LogP contribution in [0.2, 0.25) is 0 Å². The van der Waals surface area contributed by atoms with Crippen molar-refractivity contribution < 1.29 is 14.3 Å². The first-order valence-electron chi connectivity index (χ1n) is 9.21. The smallest absolute Gasteiger partial charge is 0.227 e. The summed E-state index contributed by atoms with van der Waals surface area (Å²) in [7, 11) is 1.65. The number of amides is 2. The SMILES string of the molecule is COc1ccc2cc(C(C)C(=O)NCCC(=O)N3CCCC3)ccc2c1. The van der Waals surface area contributed by atoms with Crippen molar-refractivity contribution in [3.63, 3.8) is 0 Å². The van der Waals surface area contributed by atoms with Crippen LogP contribution < -0.4 is 10.1 Å². The topological polar surface area (TPSA) is 58.6 Å². The lowest BCUT2D eigenvalue weighted by atomic mass is 9.97. The van der Waals surface area contributed by atoms with E-state index in [1.54, 1.807) is 7.11 Å². The normalized spacial score (nSPS) is 15.1. The highest BCUT2D eigenvalue weighted by Gasteiger charge is 2.19. The molecule has 1 atom stereocenters. The zero-order valence-corrected chi connectivity index (χ0v) is 15.5. The molecule has 0 aliphatic carbocycles. The second-order valence-electron chi connectivity index (χ2n) is 6.82. The summed E-state index contributed by atoms with van der Waals surface area (Å²) in [6, 6.07) is 11.9. The molecule has 0 saturated carbocycles. The Hall–Kier alpha value is -2.56. The molecule has 1 heterocycles. The van der Waals surface area contributed by atoms with E-state index >= 15 is 0 Å². The van der Waals surface area contributed by atoms with Crippen molar-refractivity contribution in [3.05, 3.63) is 42.0 Å². The van der Waals surface area contributed by atoms with Crippen molar-refractivity contribution in [2.24, 2.45) is 0 Å². The fourth-order valence-electron chi connectivity index (χ4n) is 3.36. The minimum Gasteiger partial charge on any atom is -0.497 e. The quantitative estimate of drug-likeness (QED) is 0.867. The Bertz CT molecular complexity index is 797. The van der Waals surface area contributed by atoms with Crippen LogP contribution in [0, 0.1) is 0 Å². The number of nitrogens with zero attached hydrogens (tertiary/aromatic N) is 1. The Morgan fingerprint density at radius 2 is 1.81 bits per heavy atom. The molecule has 2 amide bonds. The van der Waals surface area contributed by atoms with Crippen LogP contribution in [0.3, 0.4) is 0 Å². The van der Waals surface area contributed by atoms with Gasteiger partial charge in [0, 0.05) is 26.1 Å².